The van der Waals surface area contributed by atoms with Crippen LogP contribution in [0.15, 0.2) is 89.4 Å². The molecule has 181 valence electrons. The Morgan fingerprint density at radius 2 is 1.06 bits per heavy atom. The minimum atomic E-state index is -0.483. The molecule has 0 bridgehead atoms. The molecule has 2 N–H and O–H groups in total. The van der Waals surface area contributed by atoms with E-state index in [1.807, 2.05) is 98.8 Å². The number of halogens is 1. The molecule has 0 saturated carbocycles. The Morgan fingerprint density at radius 1 is 0.657 bits per heavy atom. The largest absolute Gasteiger partial charge is 0.493 e. The summed E-state index contributed by atoms with van der Waals surface area (Å²) >= 11 is 3.50. The Kier molecular flexibility index (Phi) is 7.17. The van der Waals surface area contributed by atoms with Crippen molar-refractivity contribution in [2.75, 3.05) is 0 Å². The zero-order valence-corrected chi connectivity index (χ0v) is 21.6. The summed E-state index contributed by atoms with van der Waals surface area (Å²) in [5.74, 6) is -0.422. The minimum Gasteiger partial charge on any atom is -0.493 e. The molecule has 0 aliphatic rings. The first-order valence-corrected chi connectivity index (χ1v) is 11.7. The first-order valence-electron chi connectivity index (χ1n) is 10.9. The standard InChI is InChI=1S/C27H23BrN4O2.Cu/c1-17-23(26(33)31(29-17)21-9-5-3-6-10-21)25(19-13-15-20(28)16-14-19)24-18(2)30-32(27(24)34)22-11-7-4-8-12-22;/h3-16,25,33-34H,1-2H3;. The molecule has 6 nitrogen and oxygen atoms in total. The van der Waals surface area contributed by atoms with Crippen LogP contribution in [0.1, 0.15) is 34.0 Å². The van der Waals surface area contributed by atoms with Crippen molar-refractivity contribution in [1.82, 2.24) is 19.6 Å². The molecular weight excluding hydrogens is 556 g/mol. The monoisotopic (exact) mass is 577 g/mol. The van der Waals surface area contributed by atoms with E-state index in [-0.39, 0.29) is 28.8 Å². The Hall–Kier alpha value is -3.32. The fraction of sp³-hybridized carbons (Fsp3) is 0.111. The molecule has 2 aromatic heterocycles. The smallest absolute Gasteiger partial charge is 0.218 e. The van der Waals surface area contributed by atoms with E-state index in [0.29, 0.717) is 22.5 Å². The molecular formula is C27H23BrCuN4O2. The van der Waals surface area contributed by atoms with Gasteiger partial charge in [0.05, 0.1) is 22.8 Å². The van der Waals surface area contributed by atoms with Gasteiger partial charge in [-0.25, -0.2) is 9.36 Å². The maximum absolute atomic E-state index is 11.4. The van der Waals surface area contributed by atoms with E-state index in [1.54, 1.807) is 0 Å². The number of nitrogens with zero attached hydrogens (tertiary/aromatic N) is 4. The first kappa shape index (κ1) is 24.8. The van der Waals surface area contributed by atoms with Crippen molar-refractivity contribution in [3.8, 4) is 23.1 Å². The summed E-state index contributed by atoms with van der Waals surface area (Å²) in [5.41, 5.74) is 4.99. The van der Waals surface area contributed by atoms with Crippen LogP contribution >= 0.6 is 15.9 Å². The van der Waals surface area contributed by atoms with E-state index in [4.69, 9.17) is 0 Å². The van der Waals surface area contributed by atoms with Gasteiger partial charge < -0.3 is 10.2 Å². The van der Waals surface area contributed by atoms with Crippen LogP contribution in [0.3, 0.4) is 0 Å². The van der Waals surface area contributed by atoms with E-state index in [9.17, 15) is 10.2 Å². The predicted octanol–water partition coefficient (Wildman–Crippen LogP) is 6.03. The molecule has 0 aliphatic heterocycles. The van der Waals surface area contributed by atoms with Crippen molar-refractivity contribution in [1.29, 1.82) is 0 Å². The van der Waals surface area contributed by atoms with Gasteiger partial charge in [0.15, 0.2) is 0 Å². The number of aryl methyl sites for hydroxylation is 2. The number of aromatic nitrogens is 4. The van der Waals surface area contributed by atoms with E-state index in [0.717, 1.165) is 21.4 Å². The summed E-state index contributed by atoms with van der Waals surface area (Å²) in [4.78, 5) is 0. The summed E-state index contributed by atoms with van der Waals surface area (Å²) in [5, 5.41) is 32.1. The molecule has 0 aliphatic carbocycles. The number of hydrogen-bond acceptors (Lipinski definition) is 4. The second kappa shape index (κ2) is 10.1. The molecule has 8 heteroatoms. The number of benzene rings is 3. The average molecular weight is 579 g/mol. The zero-order chi connectivity index (χ0) is 23.8. The van der Waals surface area contributed by atoms with Gasteiger partial charge in [-0.3, -0.25) is 0 Å². The molecule has 35 heavy (non-hydrogen) atoms. The number of para-hydroxylation sites is 2. The van der Waals surface area contributed by atoms with Crippen molar-refractivity contribution in [3.05, 3.63) is 117 Å². The molecule has 5 rings (SSSR count). The van der Waals surface area contributed by atoms with Crippen LogP contribution in [-0.4, -0.2) is 29.8 Å². The Labute approximate surface area is 222 Å². The maximum atomic E-state index is 11.4. The van der Waals surface area contributed by atoms with Crippen LogP contribution in [0, 0.1) is 13.8 Å². The molecule has 5 aromatic rings. The fourth-order valence-corrected chi connectivity index (χ4v) is 4.63. The average Bonchev–Trinajstić information content (AvgIpc) is 3.32. The third-order valence-electron chi connectivity index (χ3n) is 5.94. The van der Waals surface area contributed by atoms with Crippen LogP contribution in [0.5, 0.6) is 11.8 Å². The van der Waals surface area contributed by atoms with Gasteiger partial charge in [-0.05, 0) is 55.8 Å². The predicted molar refractivity (Wildman–Crippen MR) is 135 cm³/mol. The third-order valence-corrected chi connectivity index (χ3v) is 6.47. The summed E-state index contributed by atoms with van der Waals surface area (Å²) in [6.45, 7) is 3.74. The third kappa shape index (κ3) is 4.52. The van der Waals surface area contributed by atoms with Gasteiger partial charge in [-0.2, -0.15) is 10.2 Å². The van der Waals surface area contributed by atoms with Gasteiger partial charge >= 0.3 is 0 Å². The van der Waals surface area contributed by atoms with Crippen LogP contribution in [-0.2, 0) is 17.1 Å². The van der Waals surface area contributed by atoms with Gasteiger partial charge in [-0.1, -0.05) is 64.5 Å². The molecule has 0 spiro atoms. The van der Waals surface area contributed by atoms with Crippen molar-refractivity contribution in [2.45, 2.75) is 19.8 Å². The Bertz CT molecular complexity index is 1360. The van der Waals surface area contributed by atoms with Gasteiger partial charge in [0.2, 0.25) is 11.8 Å². The molecule has 0 atom stereocenters. The van der Waals surface area contributed by atoms with Crippen molar-refractivity contribution in [3.63, 3.8) is 0 Å². The van der Waals surface area contributed by atoms with E-state index >= 15 is 0 Å². The Balaban J connectivity index is 0.00000289. The minimum absolute atomic E-state index is 0. The number of hydrogen-bond donors (Lipinski definition) is 2. The number of aromatic hydroxyl groups is 2. The normalized spacial score (nSPS) is 11.0. The quantitative estimate of drug-likeness (QED) is 0.250. The maximum Gasteiger partial charge on any atom is 0.218 e. The molecule has 0 amide bonds. The van der Waals surface area contributed by atoms with Crippen molar-refractivity contribution >= 4 is 15.9 Å². The second-order valence-corrected chi connectivity index (χ2v) is 9.04. The van der Waals surface area contributed by atoms with E-state index in [1.165, 1.54) is 9.36 Å². The second-order valence-electron chi connectivity index (χ2n) is 8.12. The van der Waals surface area contributed by atoms with Gasteiger partial charge in [0, 0.05) is 38.6 Å². The Morgan fingerprint density at radius 3 is 1.46 bits per heavy atom. The van der Waals surface area contributed by atoms with Crippen LogP contribution in [0.4, 0.5) is 0 Å². The van der Waals surface area contributed by atoms with Crippen molar-refractivity contribution < 1.29 is 27.3 Å². The van der Waals surface area contributed by atoms with E-state index < -0.39 is 5.92 Å². The zero-order valence-electron chi connectivity index (χ0n) is 19.0. The summed E-state index contributed by atoms with van der Waals surface area (Å²) in [6.07, 6.45) is 0. The van der Waals surface area contributed by atoms with Gasteiger partial charge in [0.25, 0.3) is 0 Å². The van der Waals surface area contributed by atoms with Crippen LogP contribution in [0.2, 0.25) is 0 Å². The van der Waals surface area contributed by atoms with Gasteiger partial charge in [-0.15, -0.1) is 0 Å². The summed E-state index contributed by atoms with van der Waals surface area (Å²) < 4.78 is 4.01. The first-order chi connectivity index (χ1) is 16.5. The molecule has 0 fully saturated rings. The fourth-order valence-electron chi connectivity index (χ4n) is 4.36. The number of rotatable bonds is 5. The SMILES string of the molecule is Cc1nn(-c2ccccc2)c(O)c1C(c1ccc(Br)cc1)c1c(C)nn(-c2ccccc2)c1O.[Cu]. The molecule has 0 unspecified atom stereocenters. The summed E-state index contributed by atoms with van der Waals surface area (Å²) in [7, 11) is 0. The van der Waals surface area contributed by atoms with Crippen LogP contribution in [0.25, 0.3) is 11.4 Å². The molecule has 3 aromatic carbocycles. The van der Waals surface area contributed by atoms with Crippen molar-refractivity contribution in [2.24, 2.45) is 0 Å². The molecule has 2 heterocycles. The van der Waals surface area contributed by atoms with Crippen LogP contribution < -0.4 is 0 Å². The van der Waals surface area contributed by atoms with Gasteiger partial charge in [0.1, 0.15) is 0 Å². The van der Waals surface area contributed by atoms with E-state index in [2.05, 4.69) is 26.1 Å². The molecule has 1 radical (unpaired) electrons. The molecule has 0 saturated heterocycles. The summed E-state index contributed by atoms with van der Waals surface area (Å²) in [6, 6.07) is 26.9. The topological polar surface area (TPSA) is 76.1 Å².